The van der Waals surface area contributed by atoms with Crippen molar-refractivity contribution in [3.8, 4) is 0 Å². The summed E-state index contributed by atoms with van der Waals surface area (Å²) in [4.78, 5) is 3.90. The minimum Gasteiger partial charge on any atom is -0.324 e. The Balaban J connectivity index is 2.96. The average molecular weight is 205 g/mol. The van der Waals surface area contributed by atoms with Crippen LogP contribution in [0.25, 0.3) is 0 Å². The maximum Gasteiger partial charge on any atom is 0.147 e. The highest BCUT2D eigenvalue weighted by molar-refractivity contribution is 6.41. The number of halogens is 2. The van der Waals surface area contributed by atoms with Crippen molar-refractivity contribution in [2.24, 2.45) is 5.73 Å². The van der Waals surface area contributed by atoms with Crippen LogP contribution in [0.1, 0.15) is 24.9 Å². The number of aromatic nitrogens is 1. The van der Waals surface area contributed by atoms with Gasteiger partial charge in [-0.15, -0.1) is 0 Å². The standard InChI is InChI=1S/C8H10Cl2N2/c1-2-7(11)5-3-6(9)8(10)12-4-5/h3-4,7H,2,11H2,1H3/t7-/m1/s1. The second-order valence-corrected chi connectivity index (χ2v) is 3.32. The van der Waals surface area contributed by atoms with Gasteiger partial charge in [-0.2, -0.15) is 0 Å². The molecule has 1 rings (SSSR count). The van der Waals surface area contributed by atoms with Crippen LogP contribution in [0, 0.1) is 0 Å². The Morgan fingerprint density at radius 1 is 1.58 bits per heavy atom. The first-order valence-corrected chi connectivity index (χ1v) is 4.47. The van der Waals surface area contributed by atoms with E-state index < -0.39 is 0 Å². The number of rotatable bonds is 2. The number of pyridine rings is 1. The third kappa shape index (κ3) is 2.09. The first kappa shape index (κ1) is 9.78. The molecule has 2 nitrogen and oxygen atoms in total. The lowest BCUT2D eigenvalue weighted by Crippen LogP contribution is -2.08. The van der Waals surface area contributed by atoms with Gasteiger partial charge in [0.2, 0.25) is 0 Å². The van der Waals surface area contributed by atoms with Gasteiger partial charge in [-0.3, -0.25) is 0 Å². The molecule has 0 radical (unpaired) electrons. The van der Waals surface area contributed by atoms with E-state index in [0.29, 0.717) is 10.2 Å². The number of hydrogen-bond acceptors (Lipinski definition) is 2. The molecule has 0 fully saturated rings. The molecule has 1 heterocycles. The summed E-state index contributed by atoms with van der Waals surface area (Å²) in [5.74, 6) is 0. The molecule has 12 heavy (non-hydrogen) atoms. The molecule has 4 heteroatoms. The second-order valence-electron chi connectivity index (χ2n) is 2.56. The Labute approximate surface area is 81.7 Å². The molecule has 66 valence electrons. The minimum absolute atomic E-state index is 0.00716. The smallest absolute Gasteiger partial charge is 0.147 e. The molecule has 0 aliphatic carbocycles. The summed E-state index contributed by atoms with van der Waals surface area (Å²) in [6, 6.07) is 1.75. The summed E-state index contributed by atoms with van der Waals surface area (Å²) >= 11 is 11.4. The Morgan fingerprint density at radius 2 is 2.25 bits per heavy atom. The summed E-state index contributed by atoms with van der Waals surface area (Å²) < 4.78 is 0. The highest BCUT2D eigenvalue weighted by atomic mass is 35.5. The summed E-state index contributed by atoms with van der Waals surface area (Å²) in [5.41, 5.74) is 6.69. The van der Waals surface area contributed by atoms with Crippen molar-refractivity contribution >= 4 is 23.2 Å². The van der Waals surface area contributed by atoms with Crippen LogP contribution in [0.5, 0.6) is 0 Å². The lowest BCUT2D eigenvalue weighted by Gasteiger charge is -2.08. The van der Waals surface area contributed by atoms with Gasteiger partial charge in [0.1, 0.15) is 5.15 Å². The normalized spacial score (nSPS) is 13.0. The van der Waals surface area contributed by atoms with Crippen LogP contribution < -0.4 is 5.73 Å². The monoisotopic (exact) mass is 204 g/mol. The zero-order chi connectivity index (χ0) is 9.14. The molecular weight excluding hydrogens is 195 g/mol. The fourth-order valence-corrected chi connectivity index (χ4v) is 1.15. The predicted molar refractivity (Wildman–Crippen MR) is 51.5 cm³/mol. The molecule has 0 aliphatic heterocycles. The van der Waals surface area contributed by atoms with Gasteiger partial charge in [0, 0.05) is 12.2 Å². The van der Waals surface area contributed by atoms with Crippen LogP contribution in [-0.2, 0) is 0 Å². The van der Waals surface area contributed by atoms with Gasteiger partial charge in [0.05, 0.1) is 5.02 Å². The molecule has 1 aromatic heterocycles. The van der Waals surface area contributed by atoms with Crippen molar-refractivity contribution in [3.05, 3.63) is 28.0 Å². The Bertz CT molecular complexity index is 276. The third-order valence-corrected chi connectivity index (χ3v) is 2.37. The van der Waals surface area contributed by atoms with Crippen LogP contribution in [0.4, 0.5) is 0 Å². The van der Waals surface area contributed by atoms with E-state index in [1.54, 1.807) is 12.3 Å². The number of hydrogen-bond donors (Lipinski definition) is 1. The molecular formula is C8H10Cl2N2. The van der Waals surface area contributed by atoms with Gasteiger partial charge in [-0.1, -0.05) is 30.1 Å². The van der Waals surface area contributed by atoms with Gasteiger partial charge in [-0.05, 0) is 18.1 Å². The molecule has 1 aromatic rings. The van der Waals surface area contributed by atoms with Crippen LogP contribution in [0.3, 0.4) is 0 Å². The fraction of sp³-hybridized carbons (Fsp3) is 0.375. The molecule has 0 aromatic carbocycles. The molecule has 2 N–H and O–H groups in total. The van der Waals surface area contributed by atoms with Crippen molar-refractivity contribution in [1.82, 2.24) is 4.98 Å². The van der Waals surface area contributed by atoms with E-state index in [2.05, 4.69) is 4.98 Å². The highest BCUT2D eigenvalue weighted by Gasteiger charge is 2.06. The van der Waals surface area contributed by atoms with Crippen LogP contribution >= 0.6 is 23.2 Å². The van der Waals surface area contributed by atoms with Gasteiger partial charge in [0.15, 0.2) is 0 Å². The Kier molecular flexibility index (Phi) is 3.32. The lowest BCUT2D eigenvalue weighted by molar-refractivity contribution is 0.695. The molecule has 0 saturated heterocycles. The zero-order valence-electron chi connectivity index (χ0n) is 6.72. The van der Waals surface area contributed by atoms with Crippen molar-refractivity contribution < 1.29 is 0 Å². The quantitative estimate of drug-likeness (QED) is 0.754. The van der Waals surface area contributed by atoms with Gasteiger partial charge >= 0.3 is 0 Å². The van der Waals surface area contributed by atoms with Crippen molar-refractivity contribution in [3.63, 3.8) is 0 Å². The van der Waals surface area contributed by atoms with Crippen LogP contribution in [-0.4, -0.2) is 4.98 Å². The van der Waals surface area contributed by atoms with E-state index in [1.807, 2.05) is 6.92 Å². The van der Waals surface area contributed by atoms with Gasteiger partial charge in [-0.25, -0.2) is 4.98 Å². The molecule has 1 atom stereocenters. The summed E-state index contributed by atoms with van der Waals surface area (Å²) in [6.07, 6.45) is 2.52. The molecule has 0 spiro atoms. The fourth-order valence-electron chi connectivity index (χ4n) is 0.874. The van der Waals surface area contributed by atoms with Crippen LogP contribution in [0.15, 0.2) is 12.3 Å². The zero-order valence-corrected chi connectivity index (χ0v) is 8.23. The predicted octanol–water partition coefficient (Wildman–Crippen LogP) is 2.80. The summed E-state index contributed by atoms with van der Waals surface area (Å²) in [5, 5.41) is 0.779. The van der Waals surface area contributed by atoms with Gasteiger partial charge < -0.3 is 5.73 Å². The van der Waals surface area contributed by atoms with Crippen LogP contribution in [0.2, 0.25) is 10.2 Å². The molecule has 0 saturated carbocycles. The Morgan fingerprint density at radius 3 is 2.75 bits per heavy atom. The van der Waals surface area contributed by atoms with E-state index in [-0.39, 0.29) is 6.04 Å². The minimum atomic E-state index is -0.00716. The third-order valence-electron chi connectivity index (χ3n) is 1.69. The van der Waals surface area contributed by atoms with E-state index in [1.165, 1.54) is 0 Å². The number of nitrogens with zero attached hydrogens (tertiary/aromatic N) is 1. The highest BCUT2D eigenvalue weighted by Crippen LogP contribution is 2.23. The summed E-state index contributed by atoms with van der Waals surface area (Å²) in [6.45, 7) is 2.01. The second kappa shape index (κ2) is 4.08. The first-order valence-electron chi connectivity index (χ1n) is 3.71. The van der Waals surface area contributed by atoms with E-state index in [9.17, 15) is 0 Å². The molecule has 0 amide bonds. The largest absolute Gasteiger partial charge is 0.324 e. The van der Waals surface area contributed by atoms with E-state index in [0.717, 1.165) is 12.0 Å². The van der Waals surface area contributed by atoms with Crippen molar-refractivity contribution in [1.29, 1.82) is 0 Å². The van der Waals surface area contributed by atoms with Gasteiger partial charge in [0.25, 0.3) is 0 Å². The lowest BCUT2D eigenvalue weighted by atomic mass is 10.1. The van der Waals surface area contributed by atoms with E-state index >= 15 is 0 Å². The Hall–Kier alpha value is -0.310. The maximum absolute atomic E-state index is 5.77. The topological polar surface area (TPSA) is 38.9 Å². The van der Waals surface area contributed by atoms with Crippen molar-refractivity contribution in [2.75, 3.05) is 0 Å². The summed E-state index contributed by atoms with van der Waals surface area (Å²) in [7, 11) is 0. The SMILES string of the molecule is CC[C@@H](N)c1cnc(Cl)c(Cl)c1. The molecule has 0 aliphatic rings. The number of nitrogens with two attached hydrogens (primary N) is 1. The van der Waals surface area contributed by atoms with E-state index in [4.69, 9.17) is 28.9 Å². The maximum atomic E-state index is 5.77. The first-order chi connectivity index (χ1) is 5.65. The van der Waals surface area contributed by atoms with Crippen molar-refractivity contribution in [2.45, 2.75) is 19.4 Å². The average Bonchev–Trinajstić information content (AvgIpc) is 2.08. The molecule has 0 unspecified atom stereocenters. The molecule has 0 bridgehead atoms.